The number of pyridine rings is 1. The van der Waals surface area contributed by atoms with Crippen molar-refractivity contribution < 1.29 is 9.21 Å². The molecule has 0 saturated carbocycles. The number of anilines is 1. The number of fused-ring (bicyclic) bond motifs is 2. The van der Waals surface area contributed by atoms with Crippen LogP contribution < -0.4 is 11.1 Å². The molecular weight excluding hydrogens is 292 g/mol. The maximum atomic E-state index is 11.4. The molecule has 0 fully saturated rings. The number of para-hydroxylation sites is 1. The van der Waals surface area contributed by atoms with E-state index in [1.807, 2.05) is 47.0 Å². The Morgan fingerprint density at radius 1 is 1.22 bits per heavy atom. The van der Waals surface area contributed by atoms with Gasteiger partial charge in [-0.2, -0.15) is 0 Å². The van der Waals surface area contributed by atoms with Crippen LogP contribution in [0.2, 0.25) is 0 Å². The van der Waals surface area contributed by atoms with E-state index in [9.17, 15) is 4.79 Å². The monoisotopic (exact) mass is 306 g/mol. The Morgan fingerprint density at radius 3 is 2.91 bits per heavy atom. The van der Waals surface area contributed by atoms with Crippen LogP contribution in [-0.2, 0) is 4.79 Å². The number of hydrogen-bond donors (Lipinski definition) is 2. The number of furan rings is 1. The minimum Gasteiger partial charge on any atom is -0.454 e. The van der Waals surface area contributed by atoms with Gasteiger partial charge in [-0.15, -0.1) is 0 Å². The summed E-state index contributed by atoms with van der Waals surface area (Å²) in [6, 6.07) is 13.4. The lowest BCUT2D eigenvalue weighted by molar-refractivity contribution is -0.114. The minimum atomic E-state index is -0.234. The number of carbonyl (C=O) groups is 1. The molecule has 0 saturated heterocycles. The van der Waals surface area contributed by atoms with Crippen LogP contribution in [0.1, 0.15) is 0 Å². The summed E-state index contributed by atoms with van der Waals surface area (Å²) in [7, 11) is 0. The van der Waals surface area contributed by atoms with Gasteiger partial charge in [-0.05, 0) is 24.3 Å². The SMILES string of the molecule is NCC(=O)Nc1ccc2nc(-c3cc4ccccc4o3)cn2c1. The van der Waals surface area contributed by atoms with E-state index in [0.29, 0.717) is 11.4 Å². The highest BCUT2D eigenvalue weighted by molar-refractivity contribution is 5.92. The zero-order valence-electron chi connectivity index (χ0n) is 12.2. The second-order valence-corrected chi connectivity index (χ2v) is 5.21. The molecule has 0 radical (unpaired) electrons. The van der Waals surface area contributed by atoms with Crippen molar-refractivity contribution in [2.24, 2.45) is 5.73 Å². The Kier molecular flexibility index (Phi) is 3.09. The van der Waals surface area contributed by atoms with E-state index in [-0.39, 0.29) is 12.5 Å². The average Bonchev–Trinajstić information content (AvgIpc) is 3.17. The molecule has 0 unspecified atom stereocenters. The number of nitrogens with zero attached hydrogens (tertiary/aromatic N) is 2. The lowest BCUT2D eigenvalue weighted by Crippen LogP contribution is -2.21. The fraction of sp³-hybridized carbons (Fsp3) is 0.0588. The molecule has 6 heteroatoms. The van der Waals surface area contributed by atoms with Crippen LogP contribution in [-0.4, -0.2) is 21.8 Å². The van der Waals surface area contributed by atoms with Gasteiger partial charge >= 0.3 is 0 Å². The Hall–Kier alpha value is -3.12. The van der Waals surface area contributed by atoms with E-state index in [2.05, 4.69) is 10.3 Å². The third-order valence-corrected chi connectivity index (χ3v) is 3.60. The molecule has 0 aliphatic heterocycles. The summed E-state index contributed by atoms with van der Waals surface area (Å²) >= 11 is 0. The van der Waals surface area contributed by atoms with Crippen molar-refractivity contribution in [2.45, 2.75) is 0 Å². The second kappa shape index (κ2) is 5.26. The normalized spacial score (nSPS) is 11.2. The number of nitrogens with one attached hydrogen (secondary N) is 1. The molecule has 0 aliphatic rings. The lowest BCUT2D eigenvalue weighted by atomic mass is 10.2. The van der Waals surface area contributed by atoms with Gasteiger partial charge < -0.3 is 19.9 Å². The number of rotatable bonds is 3. The Balaban J connectivity index is 1.74. The van der Waals surface area contributed by atoms with Gasteiger partial charge in [0.25, 0.3) is 0 Å². The number of carbonyl (C=O) groups excluding carboxylic acids is 1. The van der Waals surface area contributed by atoms with Crippen molar-refractivity contribution in [1.82, 2.24) is 9.38 Å². The van der Waals surface area contributed by atoms with E-state index < -0.39 is 0 Å². The molecule has 0 aliphatic carbocycles. The van der Waals surface area contributed by atoms with Gasteiger partial charge in [-0.3, -0.25) is 4.79 Å². The molecule has 3 aromatic heterocycles. The fourth-order valence-corrected chi connectivity index (χ4v) is 2.50. The van der Waals surface area contributed by atoms with Crippen molar-refractivity contribution in [3.8, 4) is 11.5 Å². The van der Waals surface area contributed by atoms with Gasteiger partial charge in [-0.1, -0.05) is 18.2 Å². The predicted octanol–water partition coefficient (Wildman–Crippen LogP) is 2.64. The Morgan fingerprint density at radius 2 is 2.09 bits per heavy atom. The first-order valence-electron chi connectivity index (χ1n) is 7.20. The predicted molar refractivity (Wildman–Crippen MR) is 88.1 cm³/mol. The topological polar surface area (TPSA) is 85.6 Å². The van der Waals surface area contributed by atoms with E-state index in [4.69, 9.17) is 10.2 Å². The van der Waals surface area contributed by atoms with Gasteiger partial charge in [0.15, 0.2) is 5.76 Å². The molecule has 3 N–H and O–H groups in total. The van der Waals surface area contributed by atoms with Gasteiger partial charge in [-0.25, -0.2) is 4.98 Å². The van der Waals surface area contributed by atoms with Crippen molar-refractivity contribution in [1.29, 1.82) is 0 Å². The molecule has 3 heterocycles. The third kappa shape index (κ3) is 2.45. The number of hydrogen-bond acceptors (Lipinski definition) is 4. The summed E-state index contributed by atoms with van der Waals surface area (Å²) in [6.45, 7) is -0.0494. The van der Waals surface area contributed by atoms with Crippen molar-refractivity contribution in [3.05, 3.63) is 54.9 Å². The first-order valence-corrected chi connectivity index (χ1v) is 7.20. The van der Waals surface area contributed by atoms with Crippen LogP contribution >= 0.6 is 0 Å². The van der Waals surface area contributed by atoms with Gasteiger partial charge in [0.1, 0.15) is 16.9 Å². The number of amides is 1. The summed E-state index contributed by atoms with van der Waals surface area (Å²) in [5.41, 5.74) is 8.31. The van der Waals surface area contributed by atoms with Gasteiger partial charge in [0.05, 0.1) is 12.2 Å². The number of nitrogens with two attached hydrogens (primary N) is 1. The first-order chi connectivity index (χ1) is 11.2. The quantitative estimate of drug-likeness (QED) is 0.609. The molecule has 23 heavy (non-hydrogen) atoms. The van der Waals surface area contributed by atoms with Crippen LogP contribution in [0.15, 0.2) is 59.3 Å². The molecular formula is C17H14N4O2. The minimum absolute atomic E-state index is 0.0494. The molecule has 114 valence electrons. The van der Waals surface area contributed by atoms with E-state index in [0.717, 1.165) is 22.3 Å². The Bertz CT molecular complexity index is 983. The van der Waals surface area contributed by atoms with E-state index in [1.54, 1.807) is 12.3 Å². The average molecular weight is 306 g/mol. The maximum Gasteiger partial charge on any atom is 0.238 e. The number of aromatic nitrogens is 2. The van der Waals surface area contributed by atoms with Gasteiger partial charge in [0.2, 0.25) is 5.91 Å². The van der Waals surface area contributed by atoms with Crippen LogP contribution in [0.3, 0.4) is 0 Å². The van der Waals surface area contributed by atoms with E-state index >= 15 is 0 Å². The van der Waals surface area contributed by atoms with Crippen LogP contribution in [0.4, 0.5) is 5.69 Å². The first kappa shape index (κ1) is 13.5. The van der Waals surface area contributed by atoms with Crippen molar-refractivity contribution in [3.63, 3.8) is 0 Å². The van der Waals surface area contributed by atoms with Gasteiger partial charge in [0, 0.05) is 17.8 Å². The summed E-state index contributed by atoms with van der Waals surface area (Å²) < 4.78 is 7.68. The zero-order chi connectivity index (χ0) is 15.8. The lowest BCUT2D eigenvalue weighted by Gasteiger charge is -2.03. The molecule has 0 atom stereocenters. The van der Waals surface area contributed by atoms with Crippen LogP contribution in [0.5, 0.6) is 0 Å². The maximum absolute atomic E-state index is 11.4. The molecule has 0 bridgehead atoms. The standard InChI is InChI=1S/C17H14N4O2/c18-8-17(22)19-12-5-6-16-20-13(10-21(16)9-12)15-7-11-3-1-2-4-14(11)23-15/h1-7,9-10H,8,18H2,(H,19,22). The molecule has 4 rings (SSSR count). The molecule has 4 aromatic rings. The molecule has 6 nitrogen and oxygen atoms in total. The number of imidazole rings is 1. The highest BCUT2D eigenvalue weighted by Crippen LogP contribution is 2.27. The fourth-order valence-electron chi connectivity index (χ4n) is 2.50. The summed E-state index contributed by atoms with van der Waals surface area (Å²) in [5, 5.41) is 3.76. The van der Waals surface area contributed by atoms with Crippen molar-refractivity contribution in [2.75, 3.05) is 11.9 Å². The summed E-state index contributed by atoms with van der Waals surface area (Å²) in [6.07, 6.45) is 3.66. The highest BCUT2D eigenvalue weighted by atomic mass is 16.3. The smallest absolute Gasteiger partial charge is 0.238 e. The highest BCUT2D eigenvalue weighted by Gasteiger charge is 2.10. The van der Waals surface area contributed by atoms with E-state index in [1.165, 1.54) is 0 Å². The number of benzene rings is 1. The largest absolute Gasteiger partial charge is 0.454 e. The second-order valence-electron chi connectivity index (χ2n) is 5.21. The van der Waals surface area contributed by atoms with Crippen LogP contribution in [0, 0.1) is 0 Å². The Labute approximate surface area is 131 Å². The summed E-state index contributed by atoms with van der Waals surface area (Å²) in [4.78, 5) is 15.9. The summed E-state index contributed by atoms with van der Waals surface area (Å²) in [5.74, 6) is 0.476. The third-order valence-electron chi connectivity index (χ3n) is 3.60. The van der Waals surface area contributed by atoms with Crippen LogP contribution in [0.25, 0.3) is 28.1 Å². The molecule has 0 spiro atoms. The molecule has 1 aromatic carbocycles. The van der Waals surface area contributed by atoms with Crippen molar-refractivity contribution >= 4 is 28.2 Å². The zero-order valence-corrected chi connectivity index (χ0v) is 12.2. The molecule has 1 amide bonds.